The van der Waals surface area contributed by atoms with Crippen LogP contribution in [-0.2, 0) is 13.0 Å². The van der Waals surface area contributed by atoms with Gasteiger partial charge in [-0.15, -0.1) is 10.2 Å². The van der Waals surface area contributed by atoms with Crippen molar-refractivity contribution in [1.82, 2.24) is 25.1 Å². The van der Waals surface area contributed by atoms with E-state index in [1.54, 1.807) is 0 Å². The Morgan fingerprint density at radius 1 is 1.11 bits per heavy atom. The van der Waals surface area contributed by atoms with Crippen molar-refractivity contribution < 1.29 is 4.42 Å². The van der Waals surface area contributed by atoms with Crippen LogP contribution in [0.15, 0.2) is 59.4 Å². The average molecular weight is 359 g/mol. The van der Waals surface area contributed by atoms with Crippen LogP contribution in [0.25, 0.3) is 10.9 Å². The molecule has 6 heteroatoms. The molecular weight excluding hydrogens is 338 g/mol. The molecule has 1 N–H and O–H groups in total. The van der Waals surface area contributed by atoms with Crippen LogP contribution >= 0.6 is 0 Å². The minimum Gasteiger partial charge on any atom is -0.425 e. The Bertz CT molecular complexity index is 1040. The molecule has 0 unspecified atom stereocenters. The highest BCUT2D eigenvalue weighted by molar-refractivity contribution is 5.83. The number of aromatic nitrogens is 4. The molecule has 4 aromatic rings. The van der Waals surface area contributed by atoms with Gasteiger partial charge in [0.15, 0.2) is 0 Å². The summed E-state index contributed by atoms with van der Waals surface area (Å²) in [6, 6.07) is 12.4. The van der Waals surface area contributed by atoms with Crippen LogP contribution in [0.1, 0.15) is 35.2 Å². The summed E-state index contributed by atoms with van der Waals surface area (Å²) in [5.41, 5.74) is 3.61. The number of nitrogens with one attached hydrogen (secondary N) is 1. The van der Waals surface area contributed by atoms with Gasteiger partial charge >= 0.3 is 0 Å². The van der Waals surface area contributed by atoms with E-state index in [-0.39, 0.29) is 0 Å². The molecule has 0 bridgehead atoms. The van der Waals surface area contributed by atoms with Gasteiger partial charge < -0.3 is 9.40 Å². The molecule has 1 aliphatic rings. The number of H-pyrrole nitrogens is 1. The second-order valence-electron chi connectivity index (χ2n) is 7.15. The van der Waals surface area contributed by atoms with Gasteiger partial charge in [-0.2, -0.15) is 0 Å². The predicted molar refractivity (Wildman–Crippen MR) is 102 cm³/mol. The summed E-state index contributed by atoms with van der Waals surface area (Å²) >= 11 is 0. The Labute approximate surface area is 157 Å². The monoisotopic (exact) mass is 359 g/mol. The Balaban J connectivity index is 1.26. The molecular formula is C21H21N5O. The molecule has 1 aliphatic heterocycles. The highest BCUT2D eigenvalue weighted by Crippen LogP contribution is 2.28. The summed E-state index contributed by atoms with van der Waals surface area (Å²) in [4.78, 5) is 9.81. The smallest absolute Gasteiger partial charge is 0.221 e. The molecule has 3 aromatic heterocycles. The molecule has 5 rings (SSSR count). The highest BCUT2D eigenvalue weighted by atomic mass is 16.4. The molecule has 136 valence electrons. The number of aromatic amines is 1. The maximum absolute atomic E-state index is 6.02. The van der Waals surface area contributed by atoms with E-state index >= 15 is 0 Å². The van der Waals surface area contributed by atoms with E-state index in [0.29, 0.717) is 18.2 Å². The minimum atomic E-state index is 0.316. The number of benzene rings is 1. The number of para-hydroxylation sites is 1. The van der Waals surface area contributed by atoms with Crippen molar-refractivity contribution in [2.24, 2.45) is 0 Å². The lowest BCUT2D eigenvalue weighted by Gasteiger charge is -2.14. The Morgan fingerprint density at radius 3 is 2.93 bits per heavy atom. The lowest BCUT2D eigenvalue weighted by Crippen LogP contribution is -2.19. The number of nitrogens with zero attached hydrogens (tertiary/aromatic N) is 4. The predicted octanol–water partition coefficient (Wildman–Crippen LogP) is 3.53. The molecule has 6 nitrogen and oxygen atoms in total. The van der Waals surface area contributed by atoms with E-state index in [4.69, 9.17) is 4.42 Å². The van der Waals surface area contributed by atoms with E-state index < -0.39 is 0 Å². The molecule has 0 aliphatic carbocycles. The molecule has 1 aromatic carbocycles. The molecule has 0 radical (unpaired) electrons. The summed E-state index contributed by atoms with van der Waals surface area (Å²) < 4.78 is 6.02. The number of pyridine rings is 1. The van der Waals surface area contributed by atoms with Crippen LogP contribution in [0.4, 0.5) is 0 Å². The zero-order chi connectivity index (χ0) is 18.1. The number of hydrogen-bond acceptors (Lipinski definition) is 5. The number of rotatable bonds is 5. The molecule has 1 saturated heterocycles. The van der Waals surface area contributed by atoms with Gasteiger partial charge in [-0.05, 0) is 42.3 Å². The first-order valence-electron chi connectivity index (χ1n) is 9.34. The van der Waals surface area contributed by atoms with Gasteiger partial charge in [-0.1, -0.05) is 18.2 Å². The largest absolute Gasteiger partial charge is 0.425 e. The summed E-state index contributed by atoms with van der Waals surface area (Å²) in [5.74, 6) is 1.76. The molecule has 27 heavy (non-hydrogen) atoms. The normalized spacial score (nSPS) is 17.7. The van der Waals surface area contributed by atoms with Crippen LogP contribution in [0.3, 0.4) is 0 Å². The van der Waals surface area contributed by atoms with Crippen LogP contribution in [0.5, 0.6) is 0 Å². The molecule has 0 spiro atoms. The van der Waals surface area contributed by atoms with Crippen molar-refractivity contribution in [2.75, 3.05) is 13.1 Å². The summed E-state index contributed by atoms with van der Waals surface area (Å²) in [6.07, 6.45) is 7.43. The Hall–Kier alpha value is -2.99. The first kappa shape index (κ1) is 16.2. The maximum atomic E-state index is 6.02. The maximum Gasteiger partial charge on any atom is 0.221 e. The first-order valence-corrected chi connectivity index (χ1v) is 9.34. The SMILES string of the molecule is c1ccc2c(Cc3nnc([C@H]4CCN(Cc5ccncc5)C4)o3)c[nH]c2c1. The van der Waals surface area contributed by atoms with Crippen molar-refractivity contribution in [3.05, 3.63) is 77.9 Å². The third kappa shape index (κ3) is 3.36. The zero-order valence-electron chi connectivity index (χ0n) is 15.0. The van der Waals surface area contributed by atoms with Gasteiger partial charge in [0.1, 0.15) is 0 Å². The van der Waals surface area contributed by atoms with Crippen LogP contribution in [0.2, 0.25) is 0 Å². The van der Waals surface area contributed by atoms with Crippen molar-refractivity contribution in [1.29, 1.82) is 0 Å². The number of hydrogen-bond donors (Lipinski definition) is 1. The Morgan fingerprint density at radius 2 is 2.00 bits per heavy atom. The highest BCUT2D eigenvalue weighted by Gasteiger charge is 2.28. The lowest BCUT2D eigenvalue weighted by atomic mass is 10.1. The molecule has 1 atom stereocenters. The van der Waals surface area contributed by atoms with Crippen LogP contribution in [0, 0.1) is 0 Å². The lowest BCUT2D eigenvalue weighted by molar-refractivity contribution is 0.318. The van der Waals surface area contributed by atoms with Gasteiger partial charge in [0, 0.05) is 42.6 Å². The van der Waals surface area contributed by atoms with E-state index in [1.807, 2.05) is 24.7 Å². The van der Waals surface area contributed by atoms with Gasteiger partial charge in [0.2, 0.25) is 11.8 Å². The van der Waals surface area contributed by atoms with Gasteiger partial charge in [-0.25, -0.2) is 0 Å². The average Bonchev–Trinajstić information content (AvgIpc) is 3.44. The molecule has 0 amide bonds. The van der Waals surface area contributed by atoms with Gasteiger partial charge in [0.25, 0.3) is 0 Å². The van der Waals surface area contributed by atoms with Crippen molar-refractivity contribution in [2.45, 2.75) is 25.3 Å². The van der Waals surface area contributed by atoms with Gasteiger partial charge in [0.05, 0.1) is 12.3 Å². The van der Waals surface area contributed by atoms with Crippen molar-refractivity contribution in [3.63, 3.8) is 0 Å². The summed E-state index contributed by atoms with van der Waals surface area (Å²) in [7, 11) is 0. The Kier molecular flexibility index (Phi) is 4.18. The van der Waals surface area contributed by atoms with Crippen molar-refractivity contribution >= 4 is 10.9 Å². The second kappa shape index (κ2) is 6.96. The fourth-order valence-corrected chi connectivity index (χ4v) is 3.87. The molecule has 0 saturated carbocycles. The first-order chi connectivity index (χ1) is 13.3. The topological polar surface area (TPSA) is 70.8 Å². The van der Waals surface area contributed by atoms with Crippen LogP contribution < -0.4 is 0 Å². The van der Waals surface area contributed by atoms with E-state index in [0.717, 1.165) is 37.5 Å². The standard InChI is InChI=1S/C21H21N5O/c1-2-4-19-18(3-1)17(12-23-19)11-20-24-25-21(27-20)16-7-10-26(14-16)13-15-5-8-22-9-6-15/h1-6,8-9,12,16,23H,7,10-11,13-14H2/t16-/m0/s1. The van der Waals surface area contributed by atoms with E-state index in [9.17, 15) is 0 Å². The summed E-state index contributed by atoms with van der Waals surface area (Å²) in [6.45, 7) is 2.94. The van der Waals surface area contributed by atoms with E-state index in [1.165, 1.54) is 16.5 Å². The quantitative estimate of drug-likeness (QED) is 0.590. The van der Waals surface area contributed by atoms with Gasteiger partial charge in [-0.3, -0.25) is 9.88 Å². The third-order valence-corrected chi connectivity index (χ3v) is 5.28. The second-order valence-corrected chi connectivity index (χ2v) is 7.15. The fraction of sp³-hybridized carbons (Fsp3) is 0.286. The third-order valence-electron chi connectivity index (χ3n) is 5.28. The van der Waals surface area contributed by atoms with Crippen molar-refractivity contribution in [3.8, 4) is 0 Å². The summed E-state index contributed by atoms with van der Waals surface area (Å²) in [5, 5.41) is 9.84. The number of likely N-dealkylation sites (tertiary alicyclic amines) is 1. The van der Waals surface area contributed by atoms with Crippen LogP contribution in [-0.4, -0.2) is 38.2 Å². The number of fused-ring (bicyclic) bond motifs is 1. The van der Waals surface area contributed by atoms with E-state index in [2.05, 4.69) is 55.4 Å². The zero-order valence-corrected chi connectivity index (χ0v) is 15.0. The minimum absolute atomic E-state index is 0.316. The fourth-order valence-electron chi connectivity index (χ4n) is 3.87. The molecule has 1 fully saturated rings. The molecule has 4 heterocycles.